The second-order valence-electron chi connectivity index (χ2n) is 6.79. The lowest BCUT2D eigenvalue weighted by atomic mass is 10.1. The van der Waals surface area contributed by atoms with Gasteiger partial charge in [0.1, 0.15) is 11.4 Å². The van der Waals surface area contributed by atoms with Gasteiger partial charge in [-0.3, -0.25) is 14.1 Å². The molecule has 3 aromatic rings. The third-order valence-electron chi connectivity index (χ3n) is 4.70. The van der Waals surface area contributed by atoms with Crippen LogP contribution in [-0.4, -0.2) is 41.8 Å². The van der Waals surface area contributed by atoms with Crippen LogP contribution in [0.25, 0.3) is 0 Å². The van der Waals surface area contributed by atoms with Gasteiger partial charge in [0.25, 0.3) is 15.9 Å². The molecule has 1 aromatic heterocycles. The molecule has 0 bridgehead atoms. The highest BCUT2D eigenvalue weighted by Gasteiger charge is 2.30. The van der Waals surface area contributed by atoms with Crippen LogP contribution in [0.15, 0.2) is 90.2 Å². The molecule has 0 aliphatic heterocycles. The maximum Gasteiger partial charge on any atom is 0.352 e. The van der Waals surface area contributed by atoms with E-state index in [2.05, 4.69) is 16.9 Å². The van der Waals surface area contributed by atoms with E-state index in [1.807, 2.05) is 0 Å². The van der Waals surface area contributed by atoms with Crippen LogP contribution in [0.3, 0.4) is 0 Å². The number of anilines is 1. The van der Waals surface area contributed by atoms with Crippen molar-refractivity contribution < 1.29 is 27.9 Å². The molecule has 1 amide bonds. The Hall–Kier alpha value is -4.18. The van der Waals surface area contributed by atoms with E-state index in [-0.39, 0.29) is 11.4 Å². The molecule has 10 heteroatoms. The molecule has 0 atom stereocenters. The summed E-state index contributed by atoms with van der Waals surface area (Å²) in [6.45, 7) is 3.07. The molecule has 0 fully saturated rings. The minimum absolute atomic E-state index is 0.137. The Labute approximate surface area is 191 Å². The molecular weight excluding hydrogens is 446 g/mol. The van der Waals surface area contributed by atoms with E-state index in [0.29, 0.717) is 26.9 Å². The van der Waals surface area contributed by atoms with Crippen molar-refractivity contribution in [3.05, 3.63) is 96.5 Å². The number of rotatable bonds is 9. The number of nitrogens with zero attached hydrogens (tertiary/aromatic N) is 2. The molecule has 0 aliphatic carbocycles. The van der Waals surface area contributed by atoms with E-state index in [9.17, 15) is 23.1 Å². The minimum atomic E-state index is -4.29. The summed E-state index contributed by atoms with van der Waals surface area (Å²) in [6, 6.07) is 15.2. The third kappa shape index (κ3) is 5.36. The predicted molar refractivity (Wildman–Crippen MR) is 121 cm³/mol. The van der Waals surface area contributed by atoms with Gasteiger partial charge in [-0.2, -0.15) is 0 Å². The number of carbonyl (C=O) groups is 2. The number of carbonyl (C=O) groups excluding carboxylic acids is 1. The van der Waals surface area contributed by atoms with Crippen molar-refractivity contribution in [1.29, 1.82) is 0 Å². The first-order chi connectivity index (χ1) is 15.7. The largest absolute Gasteiger partial charge is 0.497 e. The fraction of sp³-hybridized carbons (Fsp3) is 0.0870. The number of aliphatic carboxylic acids is 1. The zero-order chi connectivity index (χ0) is 24.0. The average molecular weight is 468 g/mol. The van der Waals surface area contributed by atoms with E-state index in [1.165, 1.54) is 43.8 Å². The number of benzene rings is 2. The SMILES string of the molecule is C=C(C(=O)O)N(Cc1ccccc1NC(=O)c1cccnc1)S(=O)(=O)c1ccc(OC)cc1. The molecule has 9 nitrogen and oxygen atoms in total. The highest BCUT2D eigenvalue weighted by atomic mass is 32.2. The van der Waals surface area contributed by atoms with E-state index >= 15 is 0 Å². The Kier molecular flexibility index (Phi) is 7.09. The van der Waals surface area contributed by atoms with Crippen LogP contribution in [0.2, 0.25) is 0 Å². The van der Waals surface area contributed by atoms with Crippen molar-refractivity contribution in [1.82, 2.24) is 9.29 Å². The first-order valence-electron chi connectivity index (χ1n) is 9.62. The monoisotopic (exact) mass is 467 g/mol. The van der Waals surface area contributed by atoms with Crippen molar-refractivity contribution in [3.8, 4) is 5.75 Å². The standard InChI is InChI=1S/C23H21N3O6S/c1-16(23(28)29)26(33(30,31)20-11-9-19(32-2)10-12-20)15-18-6-3-4-8-21(18)25-22(27)17-7-5-13-24-14-17/h3-14H,1,15H2,2H3,(H,25,27)(H,28,29). The van der Waals surface area contributed by atoms with Crippen LogP contribution in [0.4, 0.5) is 5.69 Å². The molecule has 33 heavy (non-hydrogen) atoms. The Morgan fingerprint density at radius 3 is 2.39 bits per heavy atom. The average Bonchev–Trinajstić information content (AvgIpc) is 2.83. The van der Waals surface area contributed by atoms with Crippen LogP contribution in [0.5, 0.6) is 5.75 Å². The van der Waals surface area contributed by atoms with Gasteiger partial charge in [0.15, 0.2) is 0 Å². The quantitative estimate of drug-likeness (QED) is 0.463. The van der Waals surface area contributed by atoms with Crippen molar-refractivity contribution in [3.63, 3.8) is 0 Å². The van der Waals surface area contributed by atoms with Crippen molar-refractivity contribution in [2.24, 2.45) is 0 Å². The summed E-state index contributed by atoms with van der Waals surface area (Å²) in [5.41, 5.74) is 0.359. The number of ether oxygens (including phenoxy) is 1. The molecule has 3 rings (SSSR count). The van der Waals surface area contributed by atoms with Gasteiger partial charge in [-0.15, -0.1) is 0 Å². The summed E-state index contributed by atoms with van der Waals surface area (Å²) < 4.78 is 32.3. The first kappa shape index (κ1) is 23.5. The maximum atomic E-state index is 13.3. The van der Waals surface area contributed by atoms with E-state index in [0.717, 1.165) is 0 Å². The Balaban J connectivity index is 1.97. The van der Waals surface area contributed by atoms with E-state index in [4.69, 9.17) is 4.74 Å². The number of nitrogens with one attached hydrogen (secondary N) is 1. The van der Waals surface area contributed by atoms with Gasteiger partial charge in [-0.25, -0.2) is 13.2 Å². The normalized spacial score (nSPS) is 10.8. The van der Waals surface area contributed by atoms with Crippen LogP contribution in [0.1, 0.15) is 15.9 Å². The van der Waals surface area contributed by atoms with Crippen LogP contribution < -0.4 is 10.1 Å². The summed E-state index contributed by atoms with van der Waals surface area (Å²) >= 11 is 0. The smallest absolute Gasteiger partial charge is 0.352 e. The molecule has 0 saturated carbocycles. The number of hydrogen-bond donors (Lipinski definition) is 2. The van der Waals surface area contributed by atoms with Crippen molar-refractivity contribution >= 4 is 27.6 Å². The number of aromatic nitrogens is 1. The van der Waals surface area contributed by atoms with Gasteiger partial charge in [0.05, 0.1) is 24.1 Å². The number of sulfonamides is 1. The number of carboxylic acid groups (broad SMARTS) is 1. The zero-order valence-electron chi connectivity index (χ0n) is 17.6. The predicted octanol–water partition coefficient (Wildman–Crippen LogP) is 3.13. The van der Waals surface area contributed by atoms with Crippen LogP contribution in [0, 0.1) is 0 Å². The fourth-order valence-electron chi connectivity index (χ4n) is 2.93. The molecule has 1 heterocycles. The molecule has 0 spiro atoms. The van der Waals surface area contributed by atoms with Gasteiger partial charge in [-0.05, 0) is 48.0 Å². The molecule has 0 saturated heterocycles. The second-order valence-corrected chi connectivity index (χ2v) is 8.65. The van der Waals surface area contributed by atoms with Crippen molar-refractivity contribution in [2.45, 2.75) is 11.4 Å². The van der Waals surface area contributed by atoms with E-state index in [1.54, 1.807) is 36.4 Å². The topological polar surface area (TPSA) is 126 Å². The highest BCUT2D eigenvalue weighted by molar-refractivity contribution is 7.89. The molecule has 0 unspecified atom stereocenters. The number of hydrogen-bond acceptors (Lipinski definition) is 6. The molecule has 2 N–H and O–H groups in total. The minimum Gasteiger partial charge on any atom is -0.497 e. The molecular formula is C23H21N3O6S. The van der Waals surface area contributed by atoms with Gasteiger partial charge >= 0.3 is 5.97 Å². The van der Waals surface area contributed by atoms with Gasteiger partial charge in [0, 0.05) is 18.1 Å². The van der Waals surface area contributed by atoms with Gasteiger partial charge in [-0.1, -0.05) is 24.8 Å². The van der Waals surface area contributed by atoms with Crippen LogP contribution >= 0.6 is 0 Å². The zero-order valence-corrected chi connectivity index (χ0v) is 18.5. The number of methoxy groups -OCH3 is 1. The fourth-order valence-corrected chi connectivity index (χ4v) is 4.35. The molecule has 170 valence electrons. The molecule has 0 aliphatic rings. The summed E-state index contributed by atoms with van der Waals surface area (Å²) in [4.78, 5) is 28.0. The Bertz CT molecular complexity index is 1280. The van der Waals surface area contributed by atoms with Gasteiger partial charge in [0.2, 0.25) is 0 Å². The Morgan fingerprint density at radius 1 is 1.09 bits per heavy atom. The lowest BCUT2D eigenvalue weighted by Gasteiger charge is -2.25. The lowest BCUT2D eigenvalue weighted by molar-refractivity contribution is -0.133. The first-order valence-corrected chi connectivity index (χ1v) is 11.1. The summed E-state index contributed by atoms with van der Waals surface area (Å²) in [7, 11) is -2.85. The number of pyridine rings is 1. The van der Waals surface area contributed by atoms with Crippen LogP contribution in [-0.2, 0) is 21.4 Å². The van der Waals surface area contributed by atoms with Crippen molar-refractivity contribution in [2.75, 3.05) is 12.4 Å². The Morgan fingerprint density at radius 2 is 1.79 bits per heavy atom. The molecule has 0 radical (unpaired) electrons. The number of carboxylic acids is 1. The van der Waals surface area contributed by atoms with Gasteiger partial charge < -0.3 is 15.2 Å². The highest BCUT2D eigenvalue weighted by Crippen LogP contribution is 2.27. The molecule has 2 aromatic carbocycles. The second kappa shape index (κ2) is 9.96. The number of amides is 1. The number of para-hydroxylation sites is 1. The summed E-state index contributed by atoms with van der Waals surface area (Å²) in [5.74, 6) is -1.50. The van der Waals surface area contributed by atoms with E-state index < -0.39 is 27.6 Å². The third-order valence-corrected chi connectivity index (χ3v) is 6.50. The maximum absolute atomic E-state index is 13.3. The lowest BCUT2D eigenvalue weighted by Crippen LogP contribution is -2.33. The summed E-state index contributed by atoms with van der Waals surface area (Å²) in [6.07, 6.45) is 2.93. The summed E-state index contributed by atoms with van der Waals surface area (Å²) in [5, 5.41) is 12.2.